The van der Waals surface area contributed by atoms with Gasteiger partial charge < -0.3 is 19.7 Å². The van der Waals surface area contributed by atoms with Crippen molar-refractivity contribution in [1.82, 2.24) is 10.2 Å². The molecule has 1 amide bonds. The van der Waals surface area contributed by atoms with Crippen LogP contribution in [0.25, 0.3) is 0 Å². The van der Waals surface area contributed by atoms with Crippen LogP contribution in [0.5, 0.6) is 11.5 Å². The number of carbonyl (C=O) groups is 1. The maximum Gasteiger partial charge on any atom is 0.387 e. The fourth-order valence-electron chi connectivity index (χ4n) is 2.65. The summed E-state index contributed by atoms with van der Waals surface area (Å²) in [7, 11) is 3.24. The van der Waals surface area contributed by atoms with Crippen LogP contribution >= 0.6 is 12.4 Å². The van der Waals surface area contributed by atoms with Crippen LogP contribution < -0.4 is 14.8 Å². The molecule has 1 heterocycles. The van der Waals surface area contributed by atoms with Gasteiger partial charge in [-0.1, -0.05) is 0 Å². The van der Waals surface area contributed by atoms with E-state index < -0.39 is 6.61 Å². The van der Waals surface area contributed by atoms with Crippen LogP contribution in [0.1, 0.15) is 16.8 Å². The van der Waals surface area contributed by atoms with Crippen molar-refractivity contribution in [2.24, 2.45) is 5.92 Å². The van der Waals surface area contributed by atoms with Crippen molar-refractivity contribution in [3.8, 4) is 11.5 Å². The zero-order valence-electron chi connectivity index (χ0n) is 13.1. The summed E-state index contributed by atoms with van der Waals surface area (Å²) in [4.78, 5) is 14.2. The number of nitrogens with zero attached hydrogens (tertiary/aromatic N) is 1. The van der Waals surface area contributed by atoms with Gasteiger partial charge in [0.15, 0.2) is 11.5 Å². The second-order valence-electron chi connectivity index (χ2n) is 5.21. The van der Waals surface area contributed by atoms with Gasteiger partial charge in [-0.3, -0.25) is 4.79 Å². The van der Waals surface area contributed by atoms with Gasteiger partial charge in [0.05, 0.1) is 7.11 Å². The molecule has 0 aromatic heterocycles. The number of rotatable bonds is 6. The summed E-state index contributed by atoms with van der Waals surface area (Å²) in [5, 5.41) is 3.10. The fourth-order valence-corrected chi connectivity index (χ4v) is 2.65. The normalized spacial score (nSPS) is 17.1. The molecular formula is C15H21ClF2N2O3. The molecule has 1 aliphatic rings. The molecule has 0 radical (unpaired) electrons. The van der Waals surface area contributed by atoms with Crippen LogP contribution in [0.3, 0.4) is 0 Å². The highest BCUT2D eigenvalue weighted by molar-refractivity contribution is 5.95. The average Bonchev–Trinajstić information content (AvgIpc) is 2.95. The molecule has 1 fully saturated rings. The highest BCUT2D eigenvalue weighted by Crippen LogP contribution is 2.30. The van der Waals surface area contributed by atoms with Gasteiger partial charge in [-0.15, -0.1) is 12.4 Å². The predicted molar refractivity (Wildman–Crippen MR) is 84.8 cm³/mol. The van der Waals surface area contributed by atoms with E-state index in [0.717, 1.165) is 13.0 Å². The van der Waals surface area contributed by atoms with Gasteiger partial charge in [0.25, 0.3) is 5.91 Å². The first-order valence-corrected chi connectivity index (χ1v) is 7.12. The number of hydrogen-bond donors (Lipinski definition) is 1. The number of amides is 1. The first-order chi connectivity index (χ1) is 10.5. The Kier molecular flexibility index (Phi) is 7.51. The molecule has 1 aliphatic heterocycles. The Morgan fingerprint density at radius 3 is 2.78 bits per heavy atom. The van der Waals surface area contributed by atoms with Crippen molar-refractivity contribution in [3.05, 3.63) is 23.8 Å². The molecule has 0 spiro atoms. The number of methoxy groups -OCH3 is 1. The van der Waals surface area contributed by atoms with Crippen LogP contribution in [0.2, 0.25) is 0 Å². The number of benzene rings is 1. The number of alkyl halides is 2. The molecule has 1 unspecified atom stereocenters. The number of nitrogens with one attached hydrogen (secondary N) is 1. The molecule has 5 nitrogen and oxygen atoms in total. The van der Waals surface area contributed by atoms with E-state index in [0.29, 0.717) is 24.6 Å². The number of likely N-dealkylation sites (tertiary alicyclic amines) is 1. The summed E-state index contributed by atoms with van der Waals surface area (Å²) in [5.41, 5.74) is 0.321. The molecule has 23 heavy (non-hydrogen) atoms. The minimum atomic E-state index is -2.97. The molecule has 1 N–H and O–H groups in total. The van der Waals surface area contributed by atoms with Crippen molar-refractivity contribution < 1.29 is 23.0 Å². The van der Waals surface area contributed by atoms with Crippen LogP contribution in [-0.4, -0.2) is 51.2 Å². The third-order valence-electron chi connectivity index (χ3n) is 3.69. The average molecular weight is 351 g/mol. The third kappa shape index (κ3) is 4.94. The van der Waals surface area contributed by atoms with E-state index in [2.05, 4.69) is 10.1 Å². The van der Waals surface area contributed by atoms with Crippen LogP contribution in [0, 0.1) is 5.92 Å². The van der Waals surface area contributed by atoms with Crippen LogP contribution in [0.4, 0.5) is 8.78 Å². The lowest BCUT2D eigenvalue weighted by atomic mass is 10.1. The van der Waals surface area contributed by atoms with Crippen LogP contribution in [-0.2, 0) is 0 Å². The predicted octanol–water partition coefficient (Wildman–Crippen LogP) is 2.40. The molecule has 130 valence electrons. The molecule has 0 bridgehead atoms. The lowest BCUT2D eigenvalue weighted by Gasteiger charge is -2.18. The number of halogens is 3. The number of ether oxygens (including phenoxy) is 2. The maximum atomic E-state index is 12.5. The first kappa shape index (κ1) is 19.4. The smallest absolute Gasteiger partial charge is 0.387 e. The van der Waals surface area contributed by atoms with E-state index >= 15 is 0 Å². The minimum absolute atomic E-state index is 0. The SMILES string of the molecule is CNCC1CCN(C(=O)c2ccc(OC)c(OC(F)F)c2)C1.Cl. The molecule has 1 aromatic carbocycles. The summed E-state index contributed by atoms with van der Waals surface area (Å²) in [5.74, 6) is 0.282. The Morgan fingerprint density at radius 2 is 2.17 bits per heavy atom. The molecule has 1 atom stereocenters. The molecule has 8 heteroatoms. The van der Waals surface area contributed by atoms with E-state index in [-0.39, 0.29) is 29.8 Å². The van der Waals surface area contributed by atoms with Crippen molar-refractivity contribution in [2.75, 3.05) is 33.8 Å². The van der Waals surface area contributed by atoms with E-state index in [9.17, 15) is 13.6 Å². The highest BCUT2D eigenvalue weighted by Gasteiger charge is 2.27. The molecule has 0 aliphatic carbocycles. The van der Waals surface area contributed by atoms with Gasteiger partial charge in [0.1, 0.15) is 0 Å². The number of hydrogen-bond acceptors (Lipinski definition) is 4. The lowest BCUT2D eigenvalue weighted by Crippen LogP contribution is -2.30. The van der Waals surface area contributed by atoms with E-state index in [1.165, 1.54) is 19.2 Å². The van der Waals surface area contributed by atoms with Crippen molar-refractivity contribution in [1.29, 1.82) is 0 Å². The van der Waals surface area contributed by atoms with E-state index in [1.54, 1.807) is 11.0 Å². The summed E-state index contributed by atoms with van der Waals surface area (Å²) >= 11 is 0. The van der Waals surface area contributed by atoms with Gasteiger partial charge in [0, 0.05) is 18.7 Å². The van der Waals surface area contributed by atoms with Gasteiger partial charge in [0.2, 0.25) is 0 Å². The maximum absolute atomic E-state index is 12.5. The monoisotopic (exact) mass is 350 g/mol. The Labute approximate surface area is 140 Å². The Bertz CT molecular complexity index is 531. The fraction of sp³-hybridized carbons (Fsp3) is 0.533. The largest absolute Gasteiger partial charge is 0.493 e. The lowest BCUT2D eigenvalue weighted by molar-refractivity contribution is -0.0512. The third-order valence-corrected chi connectivity index (χ3v) is 3.69. The summed E-state index contributed by atoms with van der Waals surface area (Å²) in [6.45, 7) is -0.781. The molecule has 0 saturated carbocycles. The van der Waals surface area contributed by atoms with Crippen molar-refractivity contribution in [2.45, 2.75) is 13.0 Å². The quantitative estimate of drug-likeness (QED) is 0.856. The molecule has 1 aromatic rings. The first-order valence-electron chi connectivity index (χ1n) is 7.12. The molecular weight excluding hydrogens is 330 g/mol. The Morgan fingerprint density at radius 1 is 1.43 bits per heavy atom. The van der Waals surface area contributed by atoms with E-state index in [1.807, 2.05) is 7.05 Å². The highest BCUT2D eigenvalue weighted by atomic mass is 35.5. The zero-order valence-corrected chi connectivity index (χ0v) is 13.9. The summed E-state index contributed by atoms with van der Waals surface area (Å²) in [6.07, 6.45) is 0.934. The summed E-state index contributed by atoms with van der Waals surface area (Å²) in [6, 6.07) is 4.33. The van der Waals surface area contributed by atoms with Gasteiger partial charge >= 0.3 is 6.61 Å². The standard InChI is InChI=1S/C15H20F2N2O3.ClH/c1-18-8-10-5-6-19(9-10)14(20)11-3-4-12(21-2)13(7-11)22-15(16)17;/h3-4,7,10,15,18H,5-6,8-9H2,1-2H3;1H. The Balaban J connectivity index is 0.00000264. The molecule has 1 saturated heterocycles. The zero-order chi connectivity index (χ0) is 16.1. The van der Waals surface area contributed by atoms with Crippen LogP contribution in [0.15, 0.2) is 18.2 Å². The van der Waals surface area contributed by atoms with Gasteiger partial charge in [-0.05, 0) is 44.1 Å². The minimum Gasteiger partial charge on any atom is -0.493 e. The molecule has 2 rings (SSSR count). The number of carbonyl (C=O) groups excluding carboxylic acids is 1. The second kappa shape index (κ2) is 8.88. The van der Waals surface area contributed by atoms with Gasteiger partial charge in [-0.25, -0.2) is 0 Å². The second-order valence-corrected chi connectivity index (χ2v) is 5.21. The van der Waals surface area contributed by atoms with Crippen molar-refractivity contribution >= 4 is 18.3 Å². The van der Waals surface area contributed by atoms with E-state index in [4.69, 9.17) is 4.74 Å². The van der Waals surface area contributed by atoms with Gasteiger partial charge in [-0.2, -0.15) is 8.78 Å². The topological polar surface area (TPSA) is 50.8 Å². The summed E-state index contributed by atoms with van der Waals surface area (Å²) < 4.78 is 34.2. The Hall–Kier alpha value is -1.60. The van der Waals surface area contributed by atoms with Crippen molar-refractivity contribution in [3.63, 3.8) is 0 Å².